The Morgan fingerprint density at radius 3 is 2.56 bits per heavy atom. The van der Waals surface area contributed by atoms with Crippen molar-refractivity contribution in [1.29, 1.82) is 0 Å². The molecule has 0 saturated carbocycles. The molecule has 0 N–H and O–H groups in total. The predicted molar refractivity (Wildman–Crippen MR) is 23.0 cm³/mol. The number of hydrogen-bond acceptors (Lipinski definition) is 3. The van der Waals surface area contributed by atoms with E-state index in [1.54, 1.807) is 0 Å². The fourth-order valence-corrected chi connectivity index (χ4v) is 0.395. The van der Waals surface area contributed by atoms with E-state index in [1.807, 2.05) is 0 Å². The van der Waals surface area contributed by atoms with Crippen molar-refractivity contribution in [2.24, 2.45) is 0 Å². The number of carbonyl (C=O) groups is 1. The van der Waals surface area contributed by atoms with Crippen molar-refractivity contribution >= 4 is 5.97 Å². The van der Waals surface area contributed by atoms with E-state index in [0.29, 0.717) is 0 Å². The van der Waals surface area contributed by atoms with E-state index in [9.17, 15) is 9.90 Å². The molecule has 0 fully saturated rings. The number of rotatable bonds is 1. The minimum absolute atomic E-state index is 0. The summed E-state index contributed by atoms with van der Waals surface area (Å²) >= 11 is 0. The third-order valence-corrected chi connectivity index (χ3v) is 0.722. The Morgan fingerprint density at radius 1 is 1.67 bits per heavy atom. The van der Waals surface area contributed by atoms with Crippen molar-refractivity contribution in [3.63, 3.8) is 0 Å². The van der Waals surface area contributed by atoms with Crippen LogP contribution in [-0.4, -0.2) is 5.97 Å². The van der Waals surface area contributed by atoms with Crippen LogP contribution in [0.25, 0.3) is 0 Å². The summed E-state index contributed by atoms with van der Waals surface area (Å²) in [6, 6.07) is 2.82. The number of furan rings is 1. The summed E-state index contributed by atoms with van der Waals surface area (Å²) in [6.45, 7) is 0. The van der Waals surface area contributed by atoms with Gasteiger partial charge in [-0.3, -0.25) is 0 Å². The van der Waals surface area contributed by atoms with E-state index in [0.717, 1.165) is 0 Å². The summed E-state index contributed by atoms with van der Waals surface area (Å²) in [6.07, 6.45) is 1.28. The van der Waals surface area contributed by atoms with Crippen LogP contribution in [0.1, 0.15) is 10.6 Å². The van der Waals surface area contributed by atoms with E-state index in [1.165, 1.54) is 18.4 Å². The van der Waals surface area contributed by atoms with Crippen molar-refractivity contribution in [2.45, 2.75) is 0 Å². The van der Waals surface area contributed by atoms with Gasteiger partial charge in [0.25, 0.3) is 0 Å². The van der Waals surface area contributed by atoms with E-state index >= 15 is 0 Å². The van der Waals surface area contributed by atoms with Crippen LogP contribution in [0.3, 0.4) is 0 Å². The number of carbonyl (C=O) groups excluding carboxylic acids is 1. The van der Waals surface area contributed by atoms with Gasteiger partial charge < -0.3 is 14.3 Å². The monoisotopic (exact) mass is 134 g/mol. The second kappa shape index (κ2) is 3.71. The predicted octanol–water partition coefficient (Wildman–Crippen LogP) is -3.35. The Bertz CT molecular complexity index is 180. The summed E-state index contributed by atoms with van der Waals surface area (Å²) in [5.41, 5.74) is 0. The zero-order chi connectivity index (χ0) is 5.98. The molecule has 0 amide bonds. The first-order valence-electron chi connectivity index (χ1n) is 2.05. The second-order valence-electron chi connectivity index (χ2n) is 1.26. The molecule has 0 atom stereocenters. The molecule has 1 aromatic heterocycles. The van der Waals surface area contributed by atoms with Gasteiger partial charge in [0, 0.05) is 0 Å². The maximum atomic E-state index is 9.86. The summed E-state index contributed by atoms with van der Waals surface area (Å²) in [5.74, 6) is -1.42. The summed E-state index contributed by atoms with van der Waals surface area (Å²) in [5, 5.41) is 9.86. The molecule has 0 radical (unpaired) electrons. The third kappa shape index (κ3) is 2.22. The molecule has 0 unspecified atom stereocenters. The first-order valence-corrected chi connectivity index (χ1v) is 2.05. The minimum atomic E-state index is -1.28. The number of carboxylic acid groups (broad SMARTS) is 1. The molecule has 4 heteroatoms. The van der Waals surface area contributed by atoms with Gasteiger partial charge in [0.2, 0.25) is 0 Å². The van der Waals surface area contributed by atoms with Gasteiger partial charge in [-0.15, -0.1) is 0 Å². The molecular weight excluding hydrogens is 131 g/mol. The normalized spacial score (nSPS) is 8.00. The van der Waals surface area contributed by atoms with Gasteiger partial charge >= 0.3 is 29.6 Å². The zero-order valence-electron chi connectivity index (χ0n) is 4.96. The molecule has 42 valence electrons. The van der Waals surface area contributed by atoms with Gasteiger partial charge in [-0.25, -0.2) is 0 Å². The maximum absolute atomic E-state index is 9.86. The van der Waals surface area contributed by atoms with E-state index < -0.39 is 5.97 Å². The number of aromatic carboxylic acids is 1. The average molecular weight is 134 g/mol. The first kappa shape index (κ1) is 8.75. The molecule has 1 aromatic rings. The van der Waals surface area contributed by atoms with Crippen LogP contribution in [0.15, 0.2) is 22.8 Å². The molecule has 1 rings (SSSR count). The molecule has 0 aliphatic carbocycles. The molecule has 0 aliphatic heterocycles. The maximum Gasteiger partial charge on any atom is 1.00 e. The Balaban J connectivity index is 0.000000640. The van der Waals surface area contributed by atoms with Crippen molar-refractivity contribution in [3.8, 4) is 0 Å². The smallest absolute Gasteiger partial charge is 0.542 e. The molecule has 9 heavy (non-hydrogen) atoms. The van der Waals surface area contributed by atoms with Gasteiger partial charge in [0.15, 0.2) is 0 Å². The largest absolute Gasteiger partial charge is 1.00 e. The van der Waals surface area contributed by atoms with Gasteiger partial charge in [0.05, 0.1) is 6.26 Å². The van der Waals surface area contributed by atoms with Gasteiger partial charge in [-0.1, -0.05) is 0 Å². The molecule has 0 aliphatic rings. The number of carboxylic acids is 1. The fourth-order valence-electron chi connectivity index (χ4n) is 0.395. The molecule has 0 saturated heterocycles. The standard InChI is InChI=1S/C5H4O3.Na/c6-5(7)4-2-1-3-8-4;/h1-3H,(H,6,7);/q;+1/p-1. The van der Waals surface area contributed by atoms with E-state index in [2.05, 4.69) is 4.42 Å². The zero-order valence-corrected chi connectivity index (χ0v) is 6.96. The molecule has 0 spiro atoms. The third-order valence-electron chi connectivity index (χ3n) is 0.722. The van der Waals surface area contributed by atoms with Gasteiger partial charge in [-0.2, -0.15) is 0 Å². The van der Waals surface area contributed by atoms with Crippen LogP contribution in [-0.2, 0) is 0 Å². The summed E-state index contributed by atoms with van der Waals surface area (Å²) in [7, 11) is 0. The van der Waals surface area contributed by atoms with Gasteiger partial charge in [-0.05, 0) is 12.1 Å². The second-order valence-corrected chi connectivity index (χ2v) is 1.26. The van der Waals surface area contributed by atoms with Crippen LogP contribution in [0, 0.1) is 0 Å². The molecular formula is C5H3NaO3. The molecule has 3 nitrogen and oxygen atoms in total. The molecule has 1 heterocycles. The molecule has 0 bridgehead atoms. The van der Waals surface area contributed by atoms with E-state index in [-0.39, 0.29) is 35.3 Å². The van der Waals surface area contributed by atoms with Crippen LogP contribution >= 0.6 is 0 Å². The minimum Gasteiger partial charge on any atom is -0.542 e. The van der Waals surface area contributed by atoms with E-state index in [4.69, 9.17) is 0 Å². The first-order chi connectivity index (χ1) is 3.80. The van der Waals surface area contributed by atoms with Crippen molar-refractivity contribution in [3.05, 3.63) is 24.2 Å². The van der Waals surface area contributed by atoms with Gasteiger partial charge in [0.1, 0.15) is 11.7 Å². The Labute approximate surface area is 74.0 Å². The SMILES string of the molecule is O=C([O-])c1ccco1.[Na+]. The summed E-state index contributed by atoms with van der Waals surface area (Å²) in [4.78, 5) is 9.86. The topological polar surface area (TPSA) is 53.3 Å². The number of hydrogen-bond donors (Lipinski definition) is 0. The quantitative estimate of drug-likeness (QED) is 0.377. The fraction of sp³-hybridized carbons (Fsp3) is 0. The Kier molecular flexibility index (Phi) is 3.61. The van der Waals surface area contributed by atoms with Crippen LogP contribution in [0.5, 0.6) is 0 Å². The average Bonchev–Trinajstić information content (AvgIpc) is 2.12. The van der Waals surface area contributed by atoms with Crippen LogP contribution in [0.4, 0.5) is 0 Å². The Morgan fingerprint density at radius 2 is 2.33 bits per heavy atom. The molecule has 0 aromatic carbocycles. The summed E-state index contributed by atoms with van der Waals surface area (Å²) < 4.78 is 4.43. The van der Waals surface area contributed by atoms with Crippen LogP contribution < -0.4 is 34.7 Å². The van der Waals surface area contributed by atoms with Crippen molar-refractivity contribution in [1.82, 2.24) is 0 Å². The van der Waals surface area contributed by atoms with Crippen molar-refractivity contribution < 1.29 is 43.9 Å². The Hall–Kier alpha value is -0.250. The van der Waals surface area contributed by atoms with Crippen molar-refractivity contribution in [2.75, 3.05) is 0 Å². The van der Waals surface area contributed by atoms with Crippen LogP contribution in [0.2, 0.25) is 0 Å².